The molecule has 0 atom stereocenters. The maximum absolute atomic E-state index is 11.5. The topological polar surface area (TPSA) is 163 Å². The van der Waals surface area contributed by atoms with Gasteiger partial charge in [0.05, 0.1) is 23.6 Å². The third kappa shape index (κ3) is 3.92. The fraction of sp³-hybridized carbons (Fsp3) is 0.182. The number of carboxylic acid groups (broad SMARTS) is 1. The first-order chi connectivity index (χ1) is 10.8. The number of nitriles is 1. The second kappa shape index (κ2) is 6.28. The van der Waals surface area contributed by atoms with Gasteiger partial charge >= 0.3 is 6.09 Å². The van der Waals surface area contributed by atoms with Crippen LogP contribution in [-0.2, 0) is 17.1 Å². The molecular weight excluding hydrogens is 326 g/mol. The fourth-order valence-corrected chi connectivity index (χ4v) is 2.39. The molecule has 0 aromatic carbocycles. The molecule has 0 radical (unpaired) electrons. The van der Waals surface area contributed by atoms with Gasteiger partial charge in [-0.05, 0) is 12.1 Å². The number of amides is 1. The van der Waals surface area contributed by atoms with Gasteiger partial charge in [0.15, 0.2) is 17.3 Å². The Morgan fingerprint density at radius 2 is 2.22 bits per heavy atom. The molecule has 23 heavy (non-hydrogen) atoms. The first-order valence-corrected chi connectivity index (χ1v) is 7.71. The van der Waals surface area contributed by atoms with E-state index in [2.05, 4.69) is 25.3 Å². The molecule has 0 fully saturated rings. The molecule has 0 saturated carbocycles. The van der Waals surface area contributed by atoms with E-state index in [1.807, 2.05) is 0 Å². The van der Waals surface area contributed by atoms with Crippen molar-refractivity contribution in [3.8, 4) is 17.5 Å². The minimum Gasteiger partial charge on any atom is -0.465 e. The van der Waals surface area contributed by atoms with E-state index >= 15 is 0 Å². The number of hydrogen-bond acceptors (Lipinski definition) is 7. The maximum atomic E-state index is 11.5. The van der Waals surface area contributed by atoms with Gasteiger partial charge in [-0.25, -0.2) is 17.9 Å². The average Bonchev–Trinajstić information content (AvgIpc) is 2.80. The number of aromatic nitrogens is 4. The Morgan fingerprint density at radius 1 is 1.48 bits per heavy atom. The van der Waals surface area contributed by atoms with Crippen molar-refractivity contribution in [2.75, 3.05) is 15.8 Å². The van der Waals surface area contributed by atoms with Gasteiger partial charge in [-0.2, -0.15) is 5.26 Å². The number of aryl methyl sites for hydroxylation is 1. The summed E-state index contributed by atoms with van der Waals surface area (Å²) in [6, 6.07) is 4.40. The van der Waals surface area contributed by atoms with E-state index in [4.69, 9.17) is 10.4 Å². The van der Waals surface area contributed by atoms with Crippen LogP contribution in [0.4, 0.5) is 16.3 Å². The lowest BCUT2D eigenvalue weighted by Gasteiger charge is -2.06. The van der Waals surface area contributed by atoms with Crippen LogP contribution in [0.15, 0.2) is 18.3 Å². The van der Waals surface area contributed by atoms with Crippen LogP contribution in [-0.4, -0.2) is 45.3 Å². The van der Waals surface area contributed by atoms with Gasteiger partial charge in [0.25, 0.3) is 0 Å². The van der Waals surface area contributed by atoms with Gasteiger partial charge in [0, 0.05) is 7.05 Å². The van der Waals surface area contributed by atoms with Crippen molar-refractivity contribution in [2.24, 2.45) is 7.05 Å². The third-order valence-corrected chi connectivity index (χ3v) is 3.64. The Kier molecular flexibility index (Phi) is 4.42. The lowest BCUT2D eigenvalue weighted by Crippen LogP contribution is -2.15. The average molecular weight is 337 g/mol. The molecule has 0 saturated heterocycles. The molecule has 0 bridgehead atoms. The molecule has 120 valence electrons. The lowest BCUT2D eigenvalue weighted by atomic mass is 10.2. The summed E-state index contributed by atoms with van der Waals surface area (Å²) in [4.78, 5) is 14.8. The lowest BCUT2D eigenvalue weighted by molar-refractivity contribution is 0.209. The summed E-state index contributed by atoms with van der Waals surface area (Å²) in [6.45, 7) is 0. The molecular formula is C11H11N7O4S. The Balaban J connectivity index is 2.27. The maximum Gasteiger partial charge on any atom is 0.410 e. The van der Waals surface area contributed by atoms with Crippen molar-refractivity contribution in [2.45, 2.75) is 0 Å². The molecule has 0 aliphatic heterocycles. The molecule has 12 heteroatoms. The predicted octanol–water partition coefficient (Wildman–Crippen LogP) is 0.232. The predicted molar refractivity (Wildman–Crippen MR) is 78.9 cm³/mol. The zero-order valence-corrected chi connectivity index (χ0v) is 12.6. The highest BCUT2D eigenvalue weighted by atomic mass is 32.2. The second-order valence-corrected chi connectivity index (χ2v) is 6.01. The molecule has 11 nitrogen and oxygen atoms in total. The van der Waals surface area contributed by atoms with Crippen molar-refractivity contribution >= 4 is 27.6 Å². The molecule has 0 aliphatic rings. The summed E-state index contributed by atoms with van der Waals surface area (Å²) in [7, 11) is -2.25. The SMILES string of the molecule is Cn1nnc(-c2ccc(NS(=O)(=O)CC#N)cn2)c1NC(=O)O. The van der Waals surface area contributed by atoms with Crippen LogP contribution >= 0.6 is 0 Å². The van der Waals surface area contributed by atoms with E-state index < -0.39 is 21.9 Å². The number of pyridine rings is 1. The Morgan fingerprint density at radius 3 is 2.78 bits per heavy atom. The molecule has 1 amide bonds. The minimum atomic E-state index is -3.76. The fourth-order valence-electron chi connectivity index (χ4n) is 1.67. The van der Waals surface area contributed by atoms with Crippen molar-refractivity contribution in [3.63, 3.8) is 0 Å². The van der Waals surface area contributed by atoms with E-state index in [0.717, 1.165) is 0 Å². The van der Waals surface area contributed by atoms with Gasteiger partial charge in [-0.15, -0.1) is 5.10 Å². The first-order valence-electron chi connectivity index (χ1n) is 6.06. The summed E-state index contributed by atoms with van der Waals surface area (Å²) in [6.07, 6.45) is -0.0544. The Labute approximate surface area is 130 Å². The van der Waals surface area contributed by atoms with Crippen LogP contribution in [0.25, 0.3) is 11.4 Å². The number of nitrogens with one attached hydrogen (secondary N) is 2. The highest BCUT2D eigenvalue weighted by Gasteiger charge is 2.16. The van der Waals surface area contributed by atoms with E-state index in [1.54, 1.807) is 0 Å². The van der Waals surface area contributed by atoms with Crippen molar-refractivity contribution in [1.29, 1.82) is 5.26 Å². The molecule has 0 aliphatic carbocycles. The van der Waals surface area contributed by atoms with Crippen molar-refractivity contribution < 1.29 is 18.3 Å². The number of sulfonamides is 1. The molecule has 2 rings (SSSR count). The monoisotopic (exact) mass is 337 g/mol. The van der Waals surface area contributed by atoms with Crippen LogP contribution in [0.3, 0.4) is 0 Å². The van der Waals surface area contributed by atoms with Crippen LogP contribution in [0.5, 0.6) is 0 Å². The zero-order chi connectivity index (χ0) is 17.0. The smallest absolute Gasteiger partial charge is 0.410 e. The second-order valence-electron chi connectivity index (χ2n) is 4.29. The van der Waals surface area contributed by atoms with E-state index in [9.17, 15) is 13.2 Å². The number of nitrogens with zero attached hydrogens (tertiary/aromatic N) is 5. The zero-order valence-electron chi connectivity index (χ0n) is 11.8. The van der Waals surface area contributed by atoms with Crippen LogP contribution in [0, 0.1) is 11.3 Å². The molecule has 2 aromatic heterocycles. The summed E-state index contributed by atoms with van der Waals surface area (Å²) in [5.74, 6) is -0.547. The number of rotatable bonds is 5. The van der Waals surface area contributed by atoms with Crippen LogP contribution in [0.1, 0.15) is 0 Å². The highest BCUT2D eigenvalue weighted by Crippen LogP contribution is 2.24. The van der Waals surface area contributed by atoms with Crippen molar-refractivity contribution in [1.82, 2.24) is 20.0 Å². The summed E-state index contributed by atoms with van der Waals surface area (Å²) >= 11 is 0. The minimum absolute atomic E-state index is 0.128. The molecule has 2 aromatic rings. The quantitative estimate of drug-likeness (QED) is 0.698. The van der Waals surface area contributed by atoms with E-state index in [0.29, 0.717) is 5.69 Å². The largest absolute Gasteiger partial charge is 0.465 e. The summed E-state index contributed by atoms with van der Waals surface area (Å²) in [5.41, 5.74) is 0.659. The normalized spacial score (nSPS) is 10.8. The van der Waals surface area contributed by atoms with E-state index in [1.165, 1.54) is 36.1 Å². The third-order valence-electron chi connectivity index (χ3n) is 2.59. The van der Waals surface area contributed by atoms with Gasteiger partial charge in [-0.3, -0.25) is 15.0 Å². The standard InChI is InChI=1S/C11H11N7O4S/c1-18-10(14-11(19)20)9(15-17-18)8-3-2-7(6-13-8)16-23(21,22)5-4-12/h2-3,6,14,16H,5H2,1H3,(H,19,20). The van der Waals surface area contributed by atoms with Crippen molar-refractivity contribution in [3.05, 3.63) is 18.3 Å². The molecule has 3 N–H and O–H groups in total. The number of hydrogen-bond donors (Lipinski definition) is 3. The van der Waals surface area contributed by atoms with Crippen LogP contribution in [0.2, 0.25) is 0 Å². The Hall–Kier alpha value is -3.20. The number of carbonyl (C=O) groups is 1. The number of anilines is 2. The van der Waals surface area contributed by atoms with Gasteiger partial charge in [0.1, 0.15) is 0 Å². The van der Waals surface area contributed by atoms with Gasteiger partial charge in [0.2, 0.25) is 10.0 Å². The molecule has 0 unspecified atom stereocenters. The summed E-state index contributed by atoms with van der Waals surface area (Å²) in [5, 5.41) is 26.9. The molecule has 2 heterocycles. The first kappa shape index (κ1) is 16.2. The van der Waals surface area contributed by atoms with Gasteiger partial charge < -0.3 is 5.11 Å². The van der Waals surface area contributed by atoms with E-state index in [-0.39, 0.29) is 17.2 Å². The van der Waals surface area contributed by atoms with Gasteiger partial charge in [-0.1, -0.05) is 5.21 Å². The van der Waals surface area contributed by atoms with Crippen LogP contribution < -0.4 is 10.0 Å². The summed E-state index contributed by atoms with van der Waals surface area (Å²) < 4.78 is 26.4. The molecule has 0 spiro atoms. The Bertz CT molecular complexity index is 867. The highest BCUT2D eigenvalue weighted by molar-refractivity contribution is 7.92.